The van der Waals surface area contributed by atoms with Crippen molar-refractivity contribution in [2.24, 2.45) is 0 Å². The average Bonchev–Trinajstić information content (AvgIpc) is 3.13. The number of H-pyrrole nitrogens is 1. The number of urea groups is 1. The molecule has 1 aromatic heterocycles. The molecule has 0 spiro atoms. The topological polar surface area (TPSA) is 145 Å². The number of carbonyl (C=O) groups excluding carboxylic acids is 2. The van der Waals surface area contributed by atoms with Crippen LogP contribution in [0.1, 0.15) is 26.3 Å². The first-order valence-corrected chi connectivity index (χ1v) is 11.7. The van der Waals surface area contributed by atoms with E-state index < -0.39 is 27.7 Å². The minimum absolute atomic E-state index is 0.0101. The summed E-state index contributed by atoms with van der Waals surface area (Å²) in [4.78, 5) is 39.0. The fourth-order valence-corrected chi connectivity index (χ4v) is 5.30. The van der Waals surface area contributed by atoms with Crippen molar-refractivity contribution in [1.82, 2.24) is 18.6 Å². The molecule has 0 radical (unpaired) electrons. The molecule has 1 aliphatic heterocycles. The van der Waals surface area contributed by atoms with E-state index in [4.69, 9.17) is 0 Å². The van der Waals surface area contributed by atoms with Gasteiger partial charge in [-0.25, -0.2) is 14.3 Å². The van der Waals surface area contributed by atoms with E-state index >= 15 is 0 Å². The van der Waals surface area contributed by atoms with Crippen LogP contribution in [0.15, 0.2) is 47.3 Å². The zero-order valence-electron chi connectivity index (χ0n) is 18.3. The molecule has 2 heterocycles. The SMILES string of the molecule is CCn1c(=O)[nH]c2cc(NC(=O)Nc3ccc(CN4C(C)(C)C(=O)NS4(=O)=O)cc3)ccc21. The van der Waals surface area contributed by atoms with Gasteiger partial charge in [-0.05, 0) is 56.7 Å². The van der Waals surface area contributed by atoms with Crippen molar-refractivity contribution >= 4 is 44.6 Å². The summed E-state index contributed by atoms with van der Waals surface area (Å²) in [5.74, 6) is -0.578. The third-order valence-corrected chi connectivity index (χ3v) is 7.19. The molecule has 3 aromatic rings. The minimum atomic E-state index is -3.89. The summed E-state index contributed by atoms with van der Waals surface area (Å²) < 4.78 is 29.1. The van der Waals surface area contributed by atoms with Gasteiger partial charge in [0, 0.05) is 24.5 Å². The number of aromatic nitrogens is 2. The number of benzene rings is 2. The van der Waals surface area contributed by atoms with Crippen LogP contribution in [0.3, 0.4) is 0 Å². The molecule has 174 valence electrons. The van der Waals surface area contributed by atoms with Crippen LogP contribution in [-0.4, -0.2) is 39.8 Å². The van der Waals surface area contributed by atoms with Crippen molar-refractivity contribution < 1.29 is 18.0 Å². The van der Waals surface area contributed by atoms with Gasteiger partial charge in [0.2, 0.25) is 0 Å². The highest BCUT2D eigenvalue weighted by Crippen LogP contribution is 2.27. The predicted molar refractivity (Wildman–Crippen MR) is 124 cm³/mol. The number of amides is 3. The van der Waals surface area contributed by atoms with Gasteiger partial charge in [-0.2, -0.15) is 12.7 Å². The standard InChI is InChI=1S/C21H24N6O5S/c1-4-26-17-10-9-15(11-16(17)24-20(26)30)23-19(29)22-14-7-5-13(6-8-14)12-27-21(2,3)18(28)25-33(27,31)32/h5-11H,4,12H2,1-3H3,(H,24,30)(H,25,28)(H2,22,23,29). The van der Waals surface area contributed by atoms with E-state index in [0.717, 1.165) is 9.82 Å². The van der Waals surface area contributed by atoms with E-state index in [0.29, 0.717) is 29.0 Å². The van der Waals surface area contributed by atoms with Crippen LogP contribution in [0.25, 0.3) is 11.0 Å². The Balaban J connectivity index is 1.42. The van der Waals surface area contributed by atoms with Gasteiger partial charge in [0.05, 0.1) is 11.0 Å². The summed E-state index contributed by atoms with van der Waals surface area (Å²) in [6.07, 6.45) is 0. The van der Waals surface area contributed by atoms with E-state index in [9.17, 15) is 22.8 Å². The van der Waals surface area contributed by atoms with Crippen molar-refractivity contribution in [3.63, 3.8) is 0 Å². The number of aromatic amines is 1. The average molecular weight is 473 g/mol. The second-order valence-corrected chi connectivity index (χ2v) is 9.78. The predicted octanol–water partition coefficient (Wildman–Crippen LogP) is 1.95. The Morgan fingerprint density at radius 1 is 1.03 bits per heavy atom. The fourth-order valence-electron chi connectivity index (χ4n) is 3.70. The second-order valence-electron chi connectivity index (χ2n) is 8.18. The Kier molecular flexibility index (Phi) is 5.50. The molecule has 12 heteroatoms. The molecule has 0 unspecified atom stereocenters. The molecule has 11 nitrogen and oxygen atoms in total. The molecule has 33 heavy (non-hydrogen) atoms. The van der Waals surface area contributed by atoms with Crippen LogP contribution in [0.4, 0.5) is 16.2 Å². The van der Waals surface area contributed by atoms with E-state index in [1.807, 2.05) is 11.6 Å². The van der Waals surface area contributed by atoms with Crippen molar-refractivity contribution in [2.75, 3.05) is 10.6 Å². The molecule has 0 bridgehead atoms. The molecule has 2 aromatic carbocycles. The van der Waals surface area contributed by atoms with Crippen LogP contribution >= 0.6 is 0 Å². The highest BCUT2D eigenvalue weighted by atomic mass is 32.2. The van der Waals surface area contributed by atoms with E-state index in [-0.39, 0.29) is 12.2 Å². The van der Waals surface area contributed by atoms with Gasteiger partial charge in [-0.15, -0.1) is 0 Å². The lowest BCUT2D eigenvalue weighted by atomic mass is 10.0. The fraction of sp³-hybridized carbons (Fsp3) is 0.286. The van der Waals surface area contributed by atoms with E-state index in [1.54, 1.807) is 47.0 Å². The number of imidazole rings is 1. The van der Waals surface area contributed by atoms with Gasteiger partial charge >= 0.3 is 21.9 Å². The quantitative estimate of drug-likeness (QED) is 0.448. The smallest absolute Gasteiger partial charge is 0.308 e. The molecule has 1 aliphatic rings. The molecular weight excluding hydrogens is 448 g/mol. The number of nitrogens with zero attached hydrogens (tertiary/aromatic N) is 2. The zero-order chi connectivity index (χ0) is 24.0. The normalized spacial score (nSPS) is 17.1. The number of anilines is 2. The van der Waals surface area contributed by atoms with Gasteiger partial charge in [-0.3, -0.25) is 9.36 Å². The van der Waals surface area contributed by atoms with Gasteiger partial charge in [0.25, 0.3) is 5.91 Å². The Bertz CT molecular complexity index is 1410. The van der Waals surface area contributed by atoms with Gasteiger partial charge < -0.3 is 15.6 Å². The van der Waals surface area contributed by atoms with Crippen molar-refractivity contribution in [3.05, 3.63) is 58.5 Å². The lowest BCUT2D eigenvalue weighted by Gasteiger charge is -2.25. The molecule has 4 N–H and O–H groups in total. The van der Waals surface area contributed by atoms with E-state index in [2.05, 4.69) is 15.6 Å². The molecule has 0 saturated carbocycles. The molecule has 0 atom stereocenters. The number of aryl methyl sites for hydroxylation is 1. The summed E-state index contributed by atoms with van der Waals surface area (Å²) >= 11 is 0. The lowest BCUT2D eigenvalue weighted by Crippen LogP contribution is -2.43. The first kappa shape index (κ1) is 22.6. The number of hydrogen-bond donors (Lipinski definition) is 4. The Hall–Kier alpha value is -3.64. The highest BCUT2D eigenvalue weighted by molar-refractivity contribution is 7.88. The highest BCUT2D eigenvalue weighted by Gasteiger charge is 2.50. The maximum absolute atomic E-state index is 12.4. The third kappa shape index (κ3) is 4.22. The maximum atomic E-state index is 12.4. The Labute approximate surface area is 190 Å². The van der Waals surface area contributed by atoms with Crippen LogP contribution in [0.5, 0.6) is 0 Å². The van der Waals surface area contributed by atoms with Gasteiger partial charge in [0.15, 0.2) is 0 Å². The van der Waals surface area contributed by atoms with Crippen molar-refractivity contribution in [3.8, 4) is 0 Å². The van der Waals surface area contributed by atoms with Gasteiger partial charge in [0.1, 0.15) is 5.54 Å². The largest absolute Gasteiger partial charge is 0.326 e. The number of nitrogens with one attached hydrogen (secondary N) is 4. The van der Waals surface area contributed by atoms with Crippen LogP contribution in [0.2, 0.25) is 0 Å². The molecule has 4 rings (SSSR count). The monoisotopic (exact) mass is 472 g/mol. The summed E-state index contributed by atoms with van der Waals surface area (Å²) in [5.41, 5.74) is 1.64. The summed E-state index contributed by atoms with van der Waals surface area (Å²) in [6.45, 7) is 5.50. The number of rotatable bonds is 5. The summed E-state index contributed by atoms with van der Waals surface area (Å²) in [5, 5.41) is 5.42. The summed E-state index contributed by atoms with van der Waals surface area (Å²) in [7, 11) is -3.89. The summed E-state index contributed by atoms with van der Waals surface area (Å²) in [6, 6.07) is 11.3. The number of hydrogen-bond acceptors (Lipinski definition) is 5. The first-order chi connectivity index (χ1) is 15.5. The molecule has 0 aliphatic carbocycles. The molecule has 1 saturated heterocycles. The maximum Gasteiger partial charge on any atom is 0.326 e. The molecule has 1 fully saturated rings. The number of carbonyl (C=O) groups is 2. The van der Waals surface area contributed by atoms with Crippen molar-refractivity contribution in [2.45, 2.75) is 39.4 Å². The Morgan fingerprint density at radius 2 is 1.67 bits per heavy atom. The van der Waals surface area contributed by atoms with Crippen LogP contribution in [-0.2, 0) is 28.1 Å². The third-order valence-electron chi connectivity index (χ3n) is 5.58. The van der Waals surface area contributed by atoms with Crippen LogP contribution < -0.4 is 21.0 Å². The second kappa shape index (κ2) is 8.05. The first-order valence-electron chi connectivity index (χ1n) is 10.3. The lowest BCUT2D eigenvalue weighted by molar-refractivity contribution is -0.125. The Morgan fingerprint density at radius 3 is 2.27 bits per heavy atom. The zero-order valence-corrected chi connectivity index (χ0v) is 19.1. The number of fused-ring (bicyclic) bond motifs is 1. The minimum Gasteiger partial charge on any atom is -0.308 e. The van der Waals surface area contributed by atoms with Gasteiger partial charge in [-0.1, -0.05) is 12.1 Å². The molecular formula is C21H24N6O5S. The molecule has 3 amide bonds. The van der Waals surface area contributed by atoms with E-state index in [1.165, 1.54) is 13.8 Å². The van der Waals surface area contributed by atoms with Crippen LogP contribution in [0, 0.1) is 0 Å². The van der Waals surface area contributed by atoms with Crippen molar-refractivity contribution in [1.29, 1.82) is 0 Å².